The van der Waals surface area contributed by atoms with Gasteiger partial charge >= 0.3 is 5.97 Å². The lowest BCUT2D eigenvalue weighted by Crippen LogP contribution is -2.41. The van der Waals surface area contributed by atoms with Crippen LogP contribution >= 0.6 is 0 Å². The van der Waals surface area contributed by atoms with Crippen molar-refractivity contribution in [1.29, 1.82) is 0 Å². The highest BCUT2D eigenvalue weighted by molar-refractivity contribution is 5.81. The predicted molar refractivity (Wildman–Crippen MR) is 68.9 cm³/mol. The molecule has 1 atom stereocenters. The lowest BCUT2D eigenvalue weighted by atomic mass is 10.2. The molecule has 0 aromatic rings. The number of nitrogens with zero attached hydrogens (tertiary/aromatic N) is 2. The zero-order valence-corrected chi connectivity index (χ0v) is 11.2. The highest BCUT2D eigenvalue weighted by Gasteiger charge is 2.29. The first kappa shape index (κ1) is 14.3. The number of carbonyl (C=O) groups is 2. The number of hydrogen-bond donors (Lipinski definition) is 1. The average molecular weight is 270 g/mol. The summed E-state index contributed by atoms with van der Waals surface area (Å²) >= 11 is 0. The van der Waals surface area contributed by atoms with E-state index in [-0.39, 0.29) is 18.4 Å². The van der Waals surface area contributed by atoms with E-state index in [9.17, 15) is 9.59 Å². The summed E-state index contributed by atoms with van der Waals surface area (Å²) in [5, 5.41) is 8.69. The Bertz CT molecular complexity index is 329. The van der Waals surface area contributed by atoms with Crippen LogP contribution in [0.1, 0.15) is 25.7 Å². The SMILES string of the molecule is O=C(O)CCN1CCCN(C(=O)C2CCCO2)CC1. The smallest absolute Gasteiger partial charge is 0.304 e. The molecule has 2 fully saturated rings. The van der Waals surface area contributed by atoms with Gasteiger partial charge in [0.2, 0.25) is 0 Å². The van der Waals surface area contributed by atoms with E-state index in [1.807, 2.05) is 4.90 Å². The number of rotatable bonds is 4. The average Bonchev–Trinajstić information content (AvgIpc) is 2.81. The molecule has 2 aliphatic rings. The van der Waals surface area contributed by atoms with Gasteiger partial charge in [-0.1, -0.05) is 0 Å². The number of carboxylic acid groups (broad SMARTS) is 1. The number of amides is 1. The monoisotopic (exact) mass is 270 g/mol. The van der Waals surface area contributed by atoms with E-state index >= 15 is 0 Å². The molecule has 6 heteroatoms. The molecule has 0 bridgehead atoms. The van der Waals surface area contributed by atoms with Crippen LogP contribution in [0.4, 0.5) is 0 Å². The summed E-state index contributed by atoms with van der Waals surface area (Å²) in [5.41, 5.74) is 0. The molecule has 2 rings (SSSR count). The lowest BCUT2D eigenvalue weighted by Gasteiger charge is -2.24. The Hall–Kier alpha value is -1.14. The van der Waals surface area contributed by atoms with Gasteiger partial charge in [0.05, 0.1) is 6.42 Å². The molecule has 0 aromatic carbocycles. The second kappa shape index (κ2) is 6.86. The van der Waals surface area contributed by atoms with Crippen LogP contribution in [0.3, 0.4) is 0 Å². The highest BCUT2D eigenvalue weighted by Crippen LogP contribution is 2.16. The minimum absolute atomic E-state index is 0.109. The normalized spacial score (nSPS) is 25.3. The van der Waals surface area contributed by atoms with Crippen molar-refractivity contribution in [2.24, 2.45) is 0 Å². The van der Waals surface area contributed by atoms with Crippen molar-refractivity contribution in [2.45, 2.75) is 31.8 Å². The van der Waals surface area contributed by atoms with Crippen molar-refractivity contribution in [3.8, 4) is 0 Å². The minimum atomic E-state index is -0.767. The first-order valence-corrected chi connectivity index (χ1v) is 7.01. The van der Waals surface area contributed by atoms with Crippen molar-refractivity contribution >= 4 is 11.9 Å². The molecule has 0 saturated carbocycles. The number of carbonyl (C=O) groups excluding carboxylic acids is 1. The van der Waals surface area contributed by atoms with Crippen LogP contribution in [0.5, 0.6) is 0 Å². The zero-order chi connectivity index (χ0) is 13.7. The fourth-order valence-corrected chi connectivity index (χ4v) is 2.64. The summed E-state index contributed by atoms with van der Waals surface area (Å²) in [6, 6.07) is 0. The highest BCUT2D eigenvalue weighted by atomic mass is 16.5. The summed E-state index contributed by atoms with van der Waals surface area (Å²) in [5.74, 6) is -0.658. The second-order valence-electron chi connectivity index (χ2n) is 5.17. The standard InChI is InChI=1S/C13H22N2O4/c16-12(17)4-7-14-5-2-6-15(9-8-14)13(18)11-3-1-10-19-11/h11H,1-10H2,(H,16,17). The topological polar surface area (TPSA) is 70.1 Å². The maximum Gasteiger partial charge on any atom is 0.304 e. The van der Waals surface area contributed by atoms with Gasteiger partial charge in [-0.05, 0) is 25.8 Å². The third-order valence-corrected chi connectivity index (χ3v) is 3.75. The first-order chi connectivity index (χ1) is 9.16. The van der Waals surface area contributed by atoms with Gasteiger partial charge in [0.25, 0.3) is 5.91 Å². The van der Waals surface area contributed by atoms with Crippen molar-refractivity contribution in [3.63, 3.8) is 0 Å². The molecular formula is C13H22N2O4. The third-order valence-electron chi connectivity index (χ3n) is 3.75. The Balaban J connectivity index is 1.79. The van der Waals surface area contributed by atoms with Gasteiger partial charge in [-0.25, -0.2) is 0 Å². The van der Waals surface area contributed by atoms with Crippen molar-refractivity contribution in [1.82, 2.24) is 9.80 Å². The Morgan fingerprint density at radius 2 is 2.00 bits per heavy atom. The predicted octanol–water partition coefficient (Wildman–Crippen LogP) is 0.174. The summed E-state index contributed by atoms with van der Waals surface area (Å²) < 4.78 is 5.43. The summed E-state index contributed by atoms with van der Waals surface area (Å²) in [6.45, 7) is 4.31. The van der Waals surface area contributed by atoms with Gasteiger partial charge in [-0.15, -0.1) is 0 Å². The molecule has 108 valence electrons. The number of carboxylic acids is 1. The summed E-state index contributed by atoms with van der Waals surface area (Å²) in [6.07, 6.45) is 2.62. The van der Waals surface area contributed by atoms with E-state index in [1.54, 1.807) is 0 Å². The van der Waals surface area contributed by atoms with E-state index in [4.69, 9.17) is 9.84 Å². The molecule has 1 N–H and O–H groups in total. The molecule has 2 aliphatic heterocycles. The van der Waals surface area contributed by atoms with E-state index in [0.29, 0.717) is 19.7 Å². The van der Waals surface area contributed by atoms with E-state index in [0.717, 1.165) is 38.9 Å². The van der Waals surface area contributed by atoms with Crippen molar-refractivity contribution in [3.05, 3.63) is 0 Å². The molecule has 0 spiro atoms. The van der Waals surface area contributed by atoms with Crippen molar-refractivity contribution < 1.29 is 19.4 Å². The van der Waals surface area contributed by atoms with Crippen LogP contribution in [0, 0.1) is 0 Å². The molecule has 6 nitrogen and oxygen atoms in total. The van der Waals surface area contributed by atoms with Crippen molar-refractivity contribution in [2.75, 3.05) is 39.3 Å². The van der Waals surface area contributed by atoms with Gasteiger partial charge in [0, 0.05) is 32.8 Å². The summed E-state index contributed by atoms with van der Waals surface area (Å²) in [4.78, 5) is 26.8. The van der Waals surface area contributed by atoms with E-state index in [1.165, 1.54) is 0 Å². The molecular weight excluding hydrogens is 248 g/mol. The van der Waals surface area contributed by atoms with Crippen LogP contribution in [-0.2, 0) is 14.3 Å². The molecule has 19 heavy (non-hydrogen) atoms. The first-order valence-electron chi connectivity index (χ1n) is 7.01. The van der Waals surface area contributed by atoms with Gasteiger partial charge in [-0.3, -0.25) is 9.59 Å². The fourth-order valence-electron chi connectivity index (χ4n) is 2.64. The Kier molecular flexibility index (Phi) is 5.15. The number of aliphatic carboxylic acids is 1. The third kappa shape index (κ3) is 4.18. The van der Waals surface area contributed by atoms with Gasteiger partial charge in [0.1, 0.15) is 6.10 Å². The fraction of sp³-hybridized carbons (Fsp3) is 0.846. The Morgan fingerprint density at radius 3 is 2.68 bits per heavy atom. The van der Waals surface area contributed by atoms with E-state index in [2.05, 4.69) is 4.90 Å². The Morgan fingerprint density at radius 1 is 1.16 bits per heavy atom. The lowest BCUT2D eigenvalue weighted by molar-refractivity contribution is -0.141. The molecule has 1 amide bonds. The van der Waals surface area contributed by atoms with Crippen LogP contribution in [0.2, 0.25) is 0 Å². The minimum Gasteiger partial charge on any atom is -0.481 e. The number of hydrogen-bond acceptors (Lipinski definition) is 4. The molecule has 0 radical (unpaired) electrons. The number of ether oxygens (including phenoxy) is 1. The summed E-state index contributed by atoms with van der Waals surface area (Å²) in [7, 11) is 0. The molecule has 0 aromatic heterocycles. The molecule has 1 unspecified atom stereocenters. The van der Waals surface area contributed by atoms with Gasteiger partial charge < -0.3 is 19.6 Å². The van der Waals surface area contributed by atoms with Crippen LogP contribution in [0.15, 0.2) is 0 Å². The van der Waals surface area contributed by atoms with Gasteiger partial charge in [0.15, 0.2) is 0 Å². The quantitative estimate of drug-likeness (QED) is 0.789. The van der Waals surface area contributed by atoms with Crippen LogP contribution < -0.4 is 0 Å². The second-order valence-corrected chi connectivity index (χ2v) is 5.17. The molecule has 0 aliphatic carbocycles. The maximum absolute atomic E-state index is 12.2. The molecule has 2 saturated heterocycles. The van der Waals surface area contributed by atoms with Crippen LogP contribution in [0.25, 0.3) is 0 Å². The Labute approximate surface area is 113 Å². The largest absolute Gasteiger partial charge is 0.481 e. The van der Waals surface area contributed by atoms with E-state index < -0.39 is 5.97 Å². The van der Waals surface area contributed by atoms with Crippen LogP contribution in [-0.4, -0.2) is 72.2 Å². The molecule has 2 heterocycles. The zero-order valence-electron chi connectivity index (χ0n) is 11.2. The van der Waals surface area contributed by atoms with Gasteiger partial charge in [-0.2, -0.15) is 0 Å². The maximum atomic E-state index is 12.2.